The molecular weight excluding hydrogens is 587 g/mol. The number of nitrogens with one attached hydrogen (secondary N) is 1. The number of piperazine rings is 1. The summed E-state index contributed by atoms with van der Waals surface area (Å²) in [4.78, 5) is 13.9. The smallest absolute Gasteiger partial charge is 0.243 e. The van der Waals surface area contributed by atoms with Gasteiger partial charge in [-0.15, -0.1) is 0 Å². The fourth-order valence-corrected chi connectivity index (χ4v) is 7.51. The molecule has 0 bridgehead atoms. The van der Waals surface area contributed by atoms with Gasteiger partial charge in [-0.05, 0) is 77.6 Å². The zero-order valence-electron chi connectivity index (χ0n) is 24.0. The van der Waals surface area contributed by atoms with Crippen molar-refractivity contribution in [2.24, 2.45) is 5.73 Å². The van der Waals surface area contributed by atoms with Gasteiger partial charge in [-0.3, -0.25) is 4.79 Å². The molecule has 4 aromatic rings. The van der Waals surface area contributed by atoms with Gasteiger partial charge in [-0.25, -0.2) is 21.6 Å². The highest BCUT2D eigenvalue weighted by Crippen LogP contribution is 2.30. The van der Waals surface area contributed by atoms with Crippen molar-refractivity contribution in [3.8, 4) is 0 Å². The predicted molar refractivity (Wildman–Crippen MR) is 163 cm³/mol. The van der Waals surface area contributed by atoms with Crippen LogP contribution in [0, 0.1) is 17.5 Å². The fraction of sp³-hybridized carbons (Fsp3) is 0.265. The van der Waals surface area contributed by atoms with E-state index in [2.05, 4.69) is 5.32 Å². The molecule has 0 aromatic heterocycles. The number of benzene rings is 4. The zero-order chi connectivity index (χ0) is 31.3. The van der Waals surface area contributed by atoms with Crippen molar-refractivity contribution in [2.45, 2.75) is 42.2 Å². The maximum atomic E-state index is 15.3. The Bertz CT molecular complexity index is 1640. The van der Waals surface area contributed by atoms with Crippen LogP contribution in [0.25, 0.3) is 0 Å². The monoisotopic (exact) mass is 621 g/mol. The molecule has 3 N–H and O–H groups in total. The lowest BCUT2D eigenvalue weighted by Crippen LogP contribution is -2.53. The van der Waals surface area contributed by atoms with Crippen LogP contribution in [-0.2, 0) is 27.7 Å². The topological polar surface area (TPSA) is 92.5 Å². The number of hydrogen-bond donors (Lipinski definition) is 2. The number of hydrogen-bond acceptors (Lipinski definition) is 5. The third-order valence-electron chi connectivity index (χ3n) is 8.14. The molecule has 1 fully saturated rings. The first kappa shape index (κ1) is 31.6. The van der Waals surface area contributed by atoms with Crippen LogP contribution in [0.3, 0.4) is 0 Å². The molecule has 4 aromatic carbocycles. The molecule has 6 nitrogen and oxygen atoms in total. The second-order valence-corrected chi connectivity index (χ2v) is 12.8. The van der Waals surface area contributed by atoms with Crippen LogP contribution in [0.15, 0.2) is 102 Å². The average Bonchev–Trinajstić information content (AvgIpc) is 3.03. The molecule has 1 aliphatic rings. The zero-order valence-corrected chi connectivity index (χ0v) is 24.8. The lowest BCUT2D eigenvalue weighted by atomic mass is 9.82. The Labute approximate surface area is 255 Å². The van der Waals surface area contributed by atoms with Gasteiger partial charge in [0.2, 0.25) is 10.0 Å². The average molecular weight is 622 g/mol. The lowest BCUT2D eigenvalue weighted by Gasteiger charge is -2.35. The number of Topliss-reactive ketones (excluding diaryl/α,β-unsaturated/α-hetero) is 1. The van der Waals surface area contributed by atoms with Gasteiger partial charge < -0.3 is 11.1 Å². The summed E-state index contributed by atoms with van der Waals surface area (Å²) in [5, 5.41) is 3.23. The summed E-state index contributed by atoms with van der Waals surface area (Å²) in [6.45, 7) is 1.20. The van der Waals surface area contributed by atoms with Crippen LogP contribution in [0.4, 0.5) is 13.2 Å². The van der Waals surface area contributed by atoms with E-state index in [4.69, 9.17) is 5.73 Å². The SMILES string of the molecule is N[C@H](C(=O)Cc1cccc(F)c1CC[C@@H]1CNCCN1S(=O)(=O)c1ccccc1)C(c1ccc(F)cc1)c1ccc(F)cc1. The number of carbonyl (C=O) groups excluding carboxylic acids is 1. The minimum absolute atomic E-state index is 0.165. The highest BCUT2D eigenvalue weighted by Gasteiger charge is 2.34. The van der Waals surface area contributed by atoms with E-state index in [1.807, 2.05) is 0 Å². The summed E-state index contributed by atoms with van der Waals surface area (Å²) in [6.07, 6.45) is 0.375. The van der Waals surface area contributed by atoms with Crippen molar-refractivity contribution in [3.05, 3.63) is 137 Å². The van der Waals surface area contributed by atoms with Gasteiger partial charge in [0.05, 0.1) is 10.9 Å². The molecule has 0 spiro atoms. The van der Waals surface area contributed by atoms with Crippen LogP contribution >= 0.6 is 0 Å². The summed E-state index contributed by atoms with van der Waals surface area (Å²) < 4.78 is 71.0. The summed E-state index contributed by atoms with van der Waals surface area (Å²) in [7, 11) is -3.75. The predicted octanol–water partition coefficient (Wildman–Crippen LogP) is 4.97. The number of sulfonamides is 1. The minimum atomic E-state index is -3.75. The van der Waals surface area contributed by atoms with Gasteiger partial charge in [0.25, 0.3) is 0 Å². The van der Waals surface area contributed by atoms with Crippen molar-refractivity contribution < 1.29 is 26.4 Å². The number of halogens is 3. The Hall–Kier alpha value is -3.83. The van der Waals surface area contributed by atoms with E-state index in [0.717, 1.165) is 0 Å². The normalized spacial score (nSPS) is 16.6. The number of carbonyl (C=O) groups is 1. The second kappa shape index (κ2) is 13.9. The van der Waals surface area contributed by atoms with Crippen LogP contribution in [0.2, 0.25) is 0 Å². The Morgan fingerprint density at radius 2 is 1.48 bits per heavy atom. The number of nitrogens with two attached hydrogens (primary N) is 1. The third-order valence-corrected chi connectivity index (χ3v) is 10.1. The van der Waals surface area contributed by atoms with E-state index in [9.17, 15) is 22.0 Å². The third kappa shape index (κ3) is 7.10. The molecule has 1 heterocycles. The molecule has 44 heavy (non-hydrogen) atoms. The van der Waals surface area contributed by atoms with Gasteiger partial charge in [-0.2, -0.15) is 4.31 Å². The highest BCUT2D eigenvalue weighted by atomic mass is 32.2. The maximum absolute atomic E-state index is 15.3. The van der Waals surface area contributed by atoms with E-state index in [0.29, 0.717) is 41.8 Å². The standard InChI is InChI=1S/C34H34F3N3O3S/c35-26-13-9-23(10-14-26)33(24-11-15-27(36)16-12-24)34(38)32(41)21-25-5-4-8-31(37)30(25)18-17-28-22-39-19-20-40(28)44(42,43)29-6-2-1-3-7-29/h1-16,28,33-34,39H,17-22,38H2/t28-,34-/m1/s1. The summed E-state index contributed by atoms with van der Waals surface area (Å²) >= 11 is 0. The summed E-state index contributed by atoms with van der Waals surface area (Å²) in [5.41, 5.74) is 8.50. The molecule has 230 valence electrons. The fourth-order valence-electron chi connectivity index (χ4n) is 5.83. The largest absolute Gasteiger partial charge is 0.321 e. The quantitative estimate of drug-likeness (QED) is 0.247. The Morgan fingerprint density at radius 1 is 0.864 bits per heavy atom. The van der Waals surface area contributed by atoms with E-state index in [-0.39, 0.29) is 30.1 Å². The molecule has 0 radical (unpaired) electrons. The molecule has 0 unspecified atom stereocenters. The summed E-state index contributed by atoms with van der Waals surface area (Å²) in [6, 6.07) is 22.5. The molecule has 0 saturated carbocycles. The first-order chi connectivity index (χ1) is 21.1. The van der Waals surface area contributed by atoms with E-state index < -0.39 is 45.5 Å². The minimum Gasteiger partial charge on any atom is -0.321 e. The van der Waals surface area contributed by atoms with Crippen molar-refractivity contribution in [3.63, 3.8) is 0 Å². The van der Waals surface area contributed by atoms with E-state index in [1.165, 1.54) is 65.0 Å². The molecule has 1 saturated heterocycles. The first-order valence-electron chi connectivity index (χ1n) is 14.5. The Balaban J connectivity index is 1.36. The molecule has 0 aliphatic carbocycles. The summed E-state index contributed by atoms with van der Waals surface area (Å²) in [5.74, 6) is -2.44. The van der Waals surface area contributed by atoms with Crippen molar-refractivity contribution >= 4 is 15.8 Å². The van der Waals surface area contributed by atoms with Crippen LogP contribution in [0.1, 0.15) is 34.6 Å². The van der Waals surface area contributed by atoms with Gasteiger partial charge in [-0.1, -0.05) is 54.6 Å². The number of nitrogens with zero attached hydrogens (tertiary/aromatic N) is 1. The Morgan fingerprint density at radius 3 is 2.09 bits per heavy atom. The van der Waals surface area contributed by atoms with Crippen LogP contribution in [0.5, 0.6) is 0 Å². The first-order valence-corrected chi connectivity index (χ1v) is 15.9. The molecule has 10 heteroatoms. The number of rotatable bonds is 11. The van der Waals surface area contributed by atoms with Crippen molar-refractivity contribution in [1.82, 2.24) is 9.62 Å². The number of ketones is 1. The maximum Gasteiger partial charge on any atom is 0.243 e. The van der Waals surface area contributed by atoms with Crippen LogP contribution in [-0.4, -0.2) is 50.2 Å². The van der Waals surface area contributed by atoms with E-state index >= 15 is 4.39 Å². The Kier molecular flexibility index (Phi) is 9.95. The molecule has 2 atom stereocenters. The molecular formula is C34H34F3N3O3S. The van der Waals surface area contributed by atoms with Gasteiger partial charge in [0.15, 0.2) is 5.78 Å². The van der Waals surface area contributed by atoms with Gasteiger partial charge in [0.1, 0.15) is 17.5 Å². The molecule has 1 aliphatic heterocycles. The highest BCUT2D eigenvalue weighted by molar-refractivity contribution is 7.89. The van der Waals surface area contributed by atoms with Gasteiger partial charge in [0, 0.05) is 38.0 Å². The molecule has 5 rings (SSSR count). The second-order valence-electron chi connectivity index (χ2n) is 11.0. The van der Waals surface area contributed by atoms with Crippen molar-refractivity contribution in [1.29, 1.82) is 0 Å². The lowest BCUT2D eigenvalue weighted by molar-refractivity contribution is -0.119. The van der Waals surface area contributed by atoms with Crippen LogP contribution < -0.4 is 11.1 Å². The van der Waals surface area contributed by atoms with Crippen molar-refractivity contribution in [2.75, 3.05) is 19.6 Å². The van der Waals surface area contributed by atoms with Gasteiger partial charge >= 0.3 is 0 Å². The van der Waals surface area contributed by atoms with E-state index in [1.54, 1.807) is 36.4 Å². The molecule has 0 amide bonds.